The van der Waals surface area contributed by atoms with Crippen molar-refractivity contribution >= 4 is 5.97 Å². The molecule has 5 atom stereocenters. The molecule has 2 rings (SSSR count). The van der Waals surface area contributed by atoms with E-state index in [0.29, 0.717) is 38.0 Å². The minimum atomic E-state index is -0.802. The first kappa shape index (κ1) is 23.3. The molecule has 0 saturated heterocycles. The van der Waals surface area contributed by atoms with E-state index in [4.69, 9.17) is 9.84 Å². The smallest absolute Gasteiger partial charge is 0.303 e. The topological polar surface area (TPSA) is 110 Å². The van der Waals surface area contributed by atoms with Crippen molar-refractivity contribution in [2.75, 3.05) is 20.2 Å². The Labute approximate surface area is 172 Å². The first-order valence-electron chi connectivity index (χ1n) is 10.2. The van der Waals surface area contributed by atoms with Crippen LogP contribution >= 0.6 is 0 Å². The van der Waals surface area contributed by atoms with Gasteiger partial charge in [0.05, 0.1) is 12.2 Å². The Morgan fingerprint density at radius 2 is 1.97 bits per heavy atom. The molecule has 162 valence electrons. The van der Waals surface area contributed by atoms with Crippen LogP contribution in [-0.2, 0) is 4.79 Å². The monoisotopic (exact) mass is 407 g/mol. The van der Waals surface area contributed by atoms with E-state index in [1.54, 1.807) is 0 Å². The Hall–Kier alpha value is -1.93. The molecule has 7 heteroatoms. The third-order valence-corrected chi connectivity index (χ3v) is 5.34. The van der Waals surface area contributed by atoms with Gasteiger partial charge in [0.25, 0.3) is 0 Å². The molecule has 0 aliphatic heterocycles. The normalized spacial score (nSPS) is 25.6. The summed E-state index contributed by atoms with van der Waals surface area (Å²) < 4.78 is 5.58. The van der Waals surface area contributed by atoms with Gasteiger partial charge < -0.3 is 25.2 Å². The summed E-state index contributed by atoms with van der Waals surface area (Å²) in [6.45, 7) is 0.466. The summed E-state index contributed by atoms with van der Waals surface area (Å²) in [5.41, 5.74) is 0. The SMILES string of the molecule is CN(CC(O)COc1ccccc1)[C@@H]1[C@@H](C/C=C\CCCC(=O)O)[C@@H](O)C[C@H]1O. The highest BCUT2D eigenvalue weighted by molar-refractivity contribution is 5.66. The third kappa shape index (κ3) is 7.78. The highest BCUT2D eigenvalue weighted by Gasteiger charge is 2.43. The number of ether oxygens (including phenoxy) is 1. The van der Waals surface area contributed by atoms with Crippen molar-refractivity contribution in [3.63, 3.8) is 0 Å². The quantitative estimate of drug-likeness (QED) is 0.308. The fraction of sp³-hybridized carbons (Fsp3) is 0.591. The molecule has 1 aromatic carbocycles. The maximum Gasteiger partial charge on any atom is 0.303 e. The number of carbonyl (C=O) groups is 1. The first-order chi connectivity index (χ1) is 13.9. The number of hydrogen-bond acceptors (Lipinski definition) is 6. The summed E-state index contributed by atoms with van der Waals surface area (Å²) in [5.74, 6) is -0.256. The lowest BCUT2D eigenvalue weighted by Crippen LogP contribution is -2.46. The van der Waals surface area contributed by atoms with Crippen LogP contribution < -0.4 is 4.74 Å². The predicted molar refractivity (Wildman–Crippen MR) is 110 cm³/mol. The molecule has 1 unspecified atom stereocenters. The molecule has 0 bridgehead atoms. The van der Waals surface area contributed by atoms with Crippen molar-refractivity contribution in [3.8, 4) is 5.75 Å². The molecule has 4 N–H and O–H groups in total. The number of aliphatic carboxylic acids is 1. The van der Waals surface area contributed by atoms with Crippen molar-refractivity contribution in [1.82, 2.24) is 4.90 Å². The van der Waals surface area contributed by atoms with Crippen molar-refractivity contribution in [2.45, 2.75) is 56.5 Å². The summed E-state index contributed by atoms with van der Waals surface area (Å²) in [4.78, 5) is 12.4. The Morgan fingerprint density at radius 3 is 2.66 bits per heavy atom. The Kier molecular flexibility index (Phi) is 9.60. The van der Waals surface area contributed by atoms with E-state index in [9.17, 15) is 20.1 Å². The van der Waals surface area contributed by atoms with Gasteiger partial charge in [0.1, 0.15) is 18.5 Å². The van der Waals surface area contributed by atoms with Crippen LogP contribution in [0.4, 0.5) is 0 Å². The van der Waals surface area contributed by atoms with E-state index >= 15 is 0 Å². The number of unbranched alkanes of at least 4 members (excludes halogenated alkanes) is 1. The van der Waals surface area contributed by atoms with Gasteiger partial charge in [-0.1, -0.05) is 30.4 Å². The zero-order valence-electron chi connectivity index (χ0n) is 16.9. The lowest BCUT2D eigenvalue weighted by Gasteiger charge is -2.33. The van der Waals surface area contributed by atoms with E-state index in [1.807, 2.05) is 54.4 Å². The second kappa shape index (κ2) is 11.9. The van der Waals surface area contributed by atoms with Crippen LogP contribution in [-0.4, -0.2) is 75.8 Å². The van der Waals surface area contributed by atoms with E-state index in [-0.39, 0.29) is 25.0 Å². The fourth-order valence-corrected chi connectivity index (χ4v) is 3.95. The molecule has 0 spiro atoms. The molecule has 1 aliphatic carbocycles. The van der Waals surface area contributed by atoms with E-state index in [1.165, 1.54) is 0 Å². The average molecular weight is 408 g/mol. The fourth-order valence-electron chi connectivity index (χ4n) is 3.95. The molecule has 7 nitrogen and oxygen atoms in total. The number of nitrogens with zero attached hydrogens (tertiary/aromatic N) is 1. The number of likely N-dealkylation sites (N-methyl/N-ethyl adjacent to an activating group) is 1. The summed E-state index contributed by atoms with van der Waals surface area (Å²) in [6.07, 6.45) is 4.18. The molecular formula is C22H33NO6. The standard InChI is InChI=1S/C22H33NO6/c1-23(14-16(24)15-29-17-9-5-4-6-10-17)22-18(19(25)13-20(22)26)11-7-2-3-8-12-21(27)28/h2,4-7,9-10,16,18-20,22,24-26H,3,8,11-15H2,1H3,(H,27,28)/b7-2-/t16?,18-,19-,20+,22+/m0/s1. The van der Waals surface area contributed by atoms with Crippen LogP contribution in [0.15, 0.2) is 42.5 Å². The molecule has 1 aromatic rings. The number of hydrogen-bond donors (Lipinski definition) is 4. The van der Waals surface area contributed by atoms with Crippen molar-refractivity contribution in [3.05, 3.63) is 42.5 Å². The number of carboxylic acid groups (broad SMARTS) is 1. The molecule has 0 radical (unpaired) electrons. The second-order valence-electron chi connectivity index (χ2n) is 7.74. The summed E-state index contributed by atoms with van der Waals surface area (Å²) in [7, 11) is 1.83. The molecule has 1 aliphatic rings. The van der Waals surface area contributed by atoms with Crippen LogP contribution in [0.3, 0.4) is 0 Å². The third-order valence-electron chi connectivity index (χ3n) is 5.34. The lowest BCUT2D eigenvalue weighted by molar-refractivity contribution is -0.137. The van der Waals surface area contributed by atoms with Gasteiger partial charge in [-0.2, -0.15) is 0 Å². The number of benzene rings is 1. The largest absolute Gasteiger partial charge is 0.491 e. The van der Waals surface area contributed by atoms with Crippen LogP contribution in [0.25, 0.3) is 0 Å². The van der Waals surface area contributed by atoms with Crippen LogP contribution in [0.1, 0.15) is 32.1 Å². The van der Waals surface area contributed by atoms with Crippen LogP contribution in [0.2, 0.25) is 0 Å². The van der Waals surface area contributed by atoms with Gasteiger partial charge in [-0.25, -0.2) is 0 Å². The zero-order valence-corrected chi connectivity index (χ0v) is 16.9. The number of para-hydroxylation sites is 1. The minimum Gasteiger partial charge on any atom is -0.491 e. The van der Waals surface area contributed by atoms with Crippen molar-refractivity contribution < 1.29 is 30.0 Å². The Bertz CT molecular complexity index is 637. The molecular weight excluding hydrogens is 374 g/mol. The number of allylic oxidation sites excluding steroid dienone is 2. The Morgan fingerprint density at radius 1 is 1.24 bits per heavy atom. The van der Waals surface area contributed by atoms with Gasteiger partial charge in [-0.15, -0.1) is 0 Å². The van der Waals surface area contributed by atoms with Gasteiger partial charge in [-0.05, 0) is 38.4 Å². The summed E-state index contributed by atoms with van der Waals surface area (Å²) >= 11 is 0. The van der Waals surface area contributed by atoms with E-state index in [2.05, 4.69) is 0 Å². The molecule has 0 amide bonds. The van der Waals surface area contributed by atoms with Gasteiger partial charge >= 0.3 is 5.97 Å². The van der Waals surface area contributed by atoms with Gasteiger partial charge in [-0.3, -0.25) is 9.69 Å². The number of aliphatic hydroxyl groups is 3. The van der Waals surface area contributed by atoms with Crippen LogP contribution in [0.5, 0.6) is 5.75 Å². The molecule has 29 heavy (non-hydrogen) atoms. The average Bonchev–Trinajstić information content (AvgIpc) is 2.96. The highest BCUT2D eigenvalue weighted by Crippen LogP contribution is 2.33. The van der Waals surface area contributed by atoms with E-state index < -0.39 is 24.3 Å². The summed E-state index contributed by atoms with van der Waals surface area (Å²) in [6, 6.07) is 9.01. The van der Waals surface area contributed by atoms with Crippen molar-refractivity contribution in [2.24, 2.45) is 5.92 Å². The van der Waals surface area contributed by atoms with Crippen LogP contribution in [0, 0.1) is 5.92 Å². The predicted octanol–water partition coefficient (Wildman–Crippen LogP) is 1.67. The zero-order chi connectivity index (χ0) is 21.2. The molecule has 0 heterocycles. The number of aliphatic hydroxyl groups excluding tert-OH is 3. The molecule has 1 saturated carbocycles. The minimum absolute atomic E-state index is 0.142. The molecule has 1 fully saturated rings. The first-order valence-corrected chi connectivity index (χ1v) is 10.2. The highest BCUT2D eigenvalue weighted by atomic mass is 16.5. The number of rotatable bonds is 12. The van der Waals surface area contributed by atoms with Gasteiger partial charge in [0, 0.05) is 31.3 Å². The van der Waals surface area contributed by atoms with Gasteiger partial charge in [0.2, 0.25) is 0 Å². The lowest BCUT2D eigenvalue weighted by atomic mass is 9.95. The van der Waals surface area contributed by atoms with Crippen molar-refractivity contribution in [1.29, 1.82) is 0 Å². The number of carboxylic acids is 1. The second-order valence-corrected chi connectivity index (χ2v) is 7.74. The molecule has 0 aromatic heterocycles. The van der Waals surface area contributed by atoms with Gasteiger partial charge in [0.15, 0.2) is 0 Å². The maximum atomic E-state index is 10.5. The van der Waals surface area contributed by atoms with E-state index in [0.717, 1.165) is 0 Å². The maximum absolute atomic E-state index is 10.5. The Balaban J connectivity index is 1.82. The summed E-state index contributed by atoms with van der Waals surface area (Å²) in [5, 5.41) is 39.8.